The number of carbonyl (C=O) groups is 2. The number of hydrogen-bond donors (Lipinski definition) is 2. The molecule has 0 atom stereocenters. The summed E-state index contributed by atoms with van der Waals surface area (Å²) >= 11 is 0. The summed E-state index contributed by atoms with van der Waals surface area (Å²) in [6.45, 7) is 1.49. The van der Waals surface area contributed by atoms with Gasteiger partial charge in [-0.25, -0.2) is 4.79 Å². The Balaban J connectivity index is 3.23. The summed E-state index contributed by atoms with van der Waals surface area (Å²) in [5, 5.41) is 17.6. The first-order valence-electron chi connectivity index (χ1n) is 3.60. The zero-order chi connectivity index (χ0) is 10.0. The molecule has 68 valence electrons. The van der Waals surface area contributed by atoms with E-state index in [2.05, 4.69) is 0 Å². The van der Waals surface area contributed by atoms with Gasteiger partial charge in [0.05, 0.1) is 0 Å². The summed E-state index contributed by atoms with van der Waals surface area (Å²) in [5.74, 6) is -2.60. The summed E-state index contributed by atoms with van der Waals surface area (Å²) in [6.07, 6.45) is 0. The molecule has 0 saturated heterocycles. The number of rotatable bonds is 2. The van der Waals surface area contributed by atoms with Gasteiger partial charge in [0.15, 0.2) is 0 Å². The summed E-state index contributed by atoms with van der Waals surface area (Å²) in [5.41, 5.74) is 0.308. The van der Waals surface area contributed by atoms with Crippen LogP contribution in [0.1, 0.15) is 15.9 Å². The average Bonchev–Trinajstić information content (AvgIpc) is 2.08. The second kappa shape index (κ2) is 3.26. The molecule has 0 heterocycles. The first-order valence-corrected chi connectivity index (χ1v) is 3.60. The number of hydrogen-bond acceptors (Lipinski definition) is 3. The third-order valence-electron chi connectivity index (χ3n) is 1.74. The summed E-state index contributed by atoms with van der Waals surface area (Å²) in [6, 6.07) is 4.19. The van der Waals surface area contributed by atoms with E-state index in [-0.39, 0.29) is 16.9 Å². The SMILES string of the molecule is Cc1c(O)cccc1C(=O)C(=O)O. The molecule has 0 amide bonds. The van der Waals surface area contributed by atoms with E-state index in [0.717, 1.165) is 0 Å². The van der Waals surface area contributed by atoms with Gasteiger partial charge in [0.2, 0.25) is 0 Å². The fraction of sp³-hybridized carbons (Fsp3) is 0.111. The maximum Gasteiger partial charge on any atom is 0.377 e. The van der Waals surface area contributed by atoms with Crippen LogP contribution >= 0.6 is 0 Å². The van der Waals surface area contributed by atoms with Gasteiger partial charge >= 0.3 is 5.97 Å². The second-order valence-electron chi connectivity index (χ2n) is 2.58. The lowest BCUT2D eigenvalue weighted by Gasteiger charge is -2.02. The van der Waals surface area contributed by atoms with Gasteiger partial charge in [0.1, 0.15) is 5.75 Å². The summed E-state index contributed by atoms with van der Waals surface area (Å²) in [4.78, 5) is 21.3. The quantitative estimate of drug-likeness (QED) is 0.525. The van der Waals surface area contributed by atoms with Gasteiger partial charge in [-0.05, 0) is 13.0 Å². The zero-order valence-corrected chi connectivity index (χ0v) is 6.94. The molecule has 1 aromatic rings. The highest BCUT2D eigenvalue weighted by Crippen LogP contribution is 2.19. The molecule has 0 aliphatic carbocycles. The highest BCUT2D eigenvalue weighted by Gasteiger charge is 2.17. The minimum absolute atomic E-state index is 0.0208. The van der Waals surface area contributed by atoms with E-state index >= 15 is 0 Å². The zero-order valence-electron chi connectivity index (χ0n) is 6.94. The Morgan fingerprint density at radius 1 is 1.31 bits per heavy atom. The first-order chi connectivity index (χ1) is 6.04. The van der Waals surface area contributed by atoms with Crippen molar-refractivity contribution in [2.75, 3.05) is 0 Å². The van der Waals surface area contributed by atoms with Crippen molar-refractivity contribution < 1.29 is 19.8 Å². The molecule has 0 aliphatic heterocycles. The van der Waals surface area contributed by atoms with E-state index in [1.165, 1.54) is 25.1 Å². The van der Waals surface area contributed by atoms with E-state index in [1.807, 2.05) is 0 Å². The van der Waals surface area contributed by atoms with Gasteiger partial charge in [-0.15, -0.1) is 0 Å². The van der Waals surface area contributed by atoms with Gasteiger partial charge in [-0.1, -0.05) is 12.1 Å². The highest BCUT2D eigenvalue weighted by atomic mass is 16.4. The van der Waals surface area contributed by atoms with Crippen molar-refractivity contribution in [2.24, 2.45) is 0 Å². The molecule has 0 unspecified atom stereocenters. The molecule has 0 aromatic heterocycles. The van der Waals surface area contributed by atoms with E-state index < -0.39 is 11.8 Å². The van der Waals surface area contributed by atoms with Gasteiger partial charge in [0.25, 0.3) is 5.78 Å². The topological polar surface area (TPSA) is 74.6 Å². The first kappa shape index (κ1) is 9.25. The number of Topliss-reactive ketones (excluding diaryl/α,β-unsaturated/α-hetero) is 1. The van der Waals surface area contributed by atoms with Gasteiger partial charge < -0.3 is 10.2 Å². The molecule has 4 heteroatoms. The van der Waals surface area contributed by atoms with Crippen LogP contribution in [0, 0.1) is 6.92 Å². The fourth-order valence-electron chi connectivity index (χ4n) is 0.985. The molecule has 0 saturated carbocycles. The molecule has 0 radical (unpaired) electrons. The molecule has 0 spiro atoms. The monoisotopic (exact) mass is 180 g/mol. The van der Waals surface area contributed by atoms with Crippen molar-refractivity contribution in [3.8, 4) is 5.75 Å². The molecule has 1 aromatic carbocycles. The standard InChI is InChI=1S/C9H8O4/c1-5-6(8(11)9(12)13)3-2-4-7(5)10/h2-4,10H,1H3,(H,12,13). The van der Waals surface area contributed by atoms with Crippen LogP contribution in [0.2, 0.25) is 0 Å². The number of carboxylic acid groups (broad SMARTS) is 1. The molecule has 4 nitrogen and oxygen atoms in total. The number of aliphatic carboxylic acids is 1. The molecule has 0 fully saturated rings. The second-order valence-corrected chi connectivity index (χ2v) is 2.58. The number of phenolic OH excluding ortho intramolecular Hbond substituents is 1. The fourth-order valence-corrected chi connectivity index (χ4v) is 0.985. The Hall–Kier alpha value is -1.84. The lowest BCUT2D eigenvalue weighted by Crippen LogP contribution is -2.13. The van der Waals surface area contributed by atoms with Crippen LogP contribution in [0.25, 0.3) is 0 Å². The highest BCUT2D eigenvalue weighted by molar-refractivity contribution is 6.40. The number of carbonyl (C=O) groups excluding carboxylic acids is 1. The van der Waals surface area contributed by atoms with E-state index in [4.69, 9.17) is 5.11 Å². The maximum absolute atomic E-state index is 11.0. The normalized spacial score (nSPS) is 9.62. The maximum atomic E-state index is 11.0. The lowest BCUT2D eigenvalue weighted by atomic mass is 10.0. The summed E-state index contributed by atoms with van der Waals surface area (Å²) in [7, 11) is 0. The lowest BCUT2D eigenvalue weighted by molar-refractivity contribution is -0.131. The Bertz CT molecular complexity index is 368. The molecule has 13 heavy (non-hydrogen) atoms. The van der Waals surface area contributed by atoms with Gasteiger partial charge in [0, 0.05) is 11.1 Å². The smallest absolute Gasteiger partial charge is 0.377 e. The van der Waals surface area contributed by atoms with Crippen LogP contribution in [0.3, 0.4) is 0 Å². The number of phenols is 1. The Morgan fingerprint density at radius 3 is 2.46 bits per heavy atom. The molecule has 1 rings (SSSR count). The number of aromatic hydroxyl groups is 1. The van der Waals surface area contributed by atoms with Crippen molar-refractivity contribution in [3.63, 3.8) is 0 Å². The predicted octanol–water partition coefficient (Wildman–Crippen LogP) is 0.968. The molecule has 2 N–H and O–H groups in total. The minimum atomic E-state index is -1.52. The van der Waals surface area contributed by atoms with Crippen LogP contribution in [0.4, 0.5) is 0 Å². The summed E-state index contributed by atoms with van der Waals surface area (Å²) < 4.78 is 0. The van der Waals surface area contributed by atoms with Crippen molar-refractivity contribution in [1.82, 2.24) is 0 Å². The van der Waals surface area contributed by atoms with Crippen LogP contribution in [-0.4, -0.2) is 22.0 Å². The van der Waals surface area contributed by atoms with Crippen LogP contribution in [-0.2, 0) is 4.79 Å². The molecular formula is C9H8O4. The number of ketones is 1. The third-order valence-corrected chi connectivity index (χ3v) is 1.74. The largest absolute Gasteiger partial charge is 0.508 e. The minimum Gasteiger partial charge on any atom is -0.508 e. The molecular weight excluding hydrogens is 172 g/mol. The van der Waals surface area contributed by atoms with E-state index in [0.29, 0.717) is 0 Å². The van der Waals surface area contributed by atoms with Crippen LogP contribution in [0.15, 0.2) is 18.2 Å². The molecule has 0 bridgehead atoms. The van der Waals surface area contributed by atoms with Crippen LogP contribution < -0.4 is 0 Å². The molecule has 0 aliphatic rings. The van der Waals surface area contributed by atoms with Gasteiger partial charge in [-0.2, -0.15) is 0 Å². The van der Waals surface area contributed by atoms with Crippen molar-refractivity contribution >= 4 is 11.8 Å². The van der Waals surface area contributed by atoms with Crippen molar-refractivity contribution in [2.45, 2.75) is 6.92 Å². The van der Waals surface area contributed by atoms with Gasteiger partial charge in [-0.3, -0.25) is 4.79 Å². The predicted molar refractivity (Wildman–Crippen MR) is 44.8 cm³/mol. The van der Waals surface area contributed by atoms with Crippen LogP contribution in [0.5, 0.6) is 5.75 Å². The average molecular weight is 180 g/mol. The van der Waals surface area contributed by atoms with Crippen molar-refractivity contribution in [3.05, 3.63) is 29.3 Å². The Kier molecular flexibility index (Phi) is 2.32. The van der Waals surface area contributed by atoms with E-state index in [1.54, 1.807) is 0 Å². The Morgan fingerprint density at radius 2 is 1.92 bits per heavy atom. The third kappa shape index (κ3) is 1.66. The van der Waals surface area contributed by atoms with E-state index in [9.17, 15) is 14.7 Å². The van der Waals surface area contributed by atoms with Crippen molar-refractivity contribution in [1.29, 1.82) is 0 Å². The number of benzene rings is 1. The Labute approximate surface area is 74.4 Å². The number of carboxylic acids is 1.